The van der Waals surface area contributed by atoms with Crippen LogP contribution in [0.15, 0.2) is 17.6 Å². The maximum absolute atomic E-state index is 11.9. The van der Waals surface area contributed by atoms with Gasteiger partial charge < -0.3 is 10.3 Å². The van der Waals surface area contributed by atoms with E-state index in [-0.39, 0.29) is 17.6 Å². The van der Waals surface area contributed by atoms with Crippen LogP contribution in [0.3, 0.4) is 0 Å². The van der Waals surface area contributed by atoms with Crippen LogP contribution in [0.2, 0.25) is 0 Å². The van der Waals surface area contributed by atoms with E-state index < -0.39 is 10.0 Å². The van der Waals surface area contributed by atoms with Gasteiger partial charge in [0.2, 0.25) is 0 Å². The molecule has 15 heavy (non-hydrogen) atoms. The molecule has 6 nitrogen and oxygen atoms in total. The normalized spacial score (nSPS) is 14.5. The zero-order valence-corrected chi connectivity index (χ0v) is 9.90. The lowest BCUT2D eigenvalue weighted by molar-refractivity contribution is 0.393. The van der Waals surface area contributed by atoms with Crippen molar-refractivity contribution in [1.82, 2.24) is 13.9 Å². The molecule has 0 aliphatic carbocycles. The molecule has 1 heterocycles. The van der Waals surface area contributed by atoms with Gasteiger partial charge in [-0.05, 0) is 6.92 Å². The predicted octanol–water partition coefficient (Wildman–Crippen LogP) is -0.612. The van der Waals surface area contributed by atoms with Crippen LogP contribution < -0.4 is 5.73 Å². The average Bonchev–Trinajstić information content (AvgIpc) is 2.63. The van der Waals surface area contributed by atoms with Crippen LogP contribution >= 0.6 is 0 Å². The quantitative estimate of drug-likeness (QED) is 0.750. The van der Waals surface area contributed by atoms with Crippen molar-refractivity contribution in [3.63, 3.8) is 0 Å². The smallest absolute Gasteiger partial charge is 0.262 e. The van der Waals surface area contributed by atoms with E-state index in [1.165, 1.54) is 23.9 Å². The molecule has 0 amide bonds. The molecule has 0 radical (unpaired) electrons. The predicted molar refractivity (Wildman–Crippen MR) is 56.7 cm³/mol. The molecule has 0 bridgehead atoms. The highest BCUT2D eigenvalue weighted by Gasteiger charge is 2.26. The highest BCUT2D eigenvalue weighted by molar-refractivity contribution is 7.89. The second-order valence-corrected chi connectivity index (χ2v) is 5.43. The number of aromatic nitrogens is 2. The van der Waals surface area contributed by atoms with Gasteiger partial charge in [-0.2, -0.15) is 4.31 Å². The molecule has 1 aromatic rings. The van der Waals surface area contributed by atoms with Gasteiger partial charge in [0.15, 0.2) is 5.03 Å². The third-order valence-corrected chi connectivity index (χ3v) is 4.14. The molecular formula is C8H16N4O2S. The molecule has 2 N–H and O–H groups in total. The van der Waals surface area contributed by atoms with E-state index in [0.29, 0.717) is 0 Å². The van der Waals surface area contributed by atoms with Crippen LogP contribution in [-0.4, -0.2) is 41.9 Å². The summed E-state index contributed by atoms with van der Waals surface area (Å²) in [6.45, 7) is 2.03. The number of aryl methyl sites for hydroxylation is 1. The summed E-state index contributed by atoms with van der Waals surface area (Å²) in [4.78, 5) is 3.82. The lowest BCUT2D eigenvalue weighted by atomic mass is 10.4. The second kappa shape index (κ2) is 4.30. The van der Waals surface area contributed by atoms with Crippen molar-refractivity contribution >= 4 is 10.0 Å². The fraction of sp³-hybridized carbons (Fsp3) is 0.625. The fourth-order valence-electron chi connectivity index (χ4n) is 1.05. The van der Waals surface area contributed by atoms with Gasteiger partial charge in [0, 0.05) is 32.9 Å². The molecule has 86 valence electrons. The third-order valence-electron chi connectivity index (χ3n) is 2.29. The van der Waals surface area contributed by atoms with Crippen LogP contribution in [0.4, 0.5) is 0 Å². The van der Waals surface area contributed by atoms with Crippen molar-refractivity contribution in [2.75, 3.05) is 13.6 Å². The van der Waals surface area contributed by atoms with Gasteiger partial charge in [0.1, 0.15) is 0 Å². The number of nitrogens with two attached hydrogens (primary N) is 1. The molecular weight excluding hydrogens is 216 g/mol. The molecule has 1 aromatic heterocycles. The van der Waals surface area contributed by atoms with Crippen molar-refractivity contribution in [1.29, 1.82) is 0 Å². The largest absolute Gasteiger partial charge is 0.339 e. The minimum absolute atomic E-state index is 0.0489. The fourth-order valence-corrected chi connectivity index (χ4v) is 2.39. The highest BCUT2D eigenvalue weighted by Crippen LogP contribution is 2.13. The number of sulfonamides is 1. The number of likely N-dealkylation sites (N-methyl/N-ethyl adjacent to an activating group) is 1. The van der Waals surface area contributed by atoms with E-state index in [1.54, 1.807) is 18.5 Å². The zero-order chi connectivity index (χ0) is 11.6. The topological polar surface area (TPSA) is 81.2 Å². The lowest BCUT2D eigenvalue weighted by Gasteiger charge is -2.21. The molecule has 1 atom stereocenters. The number of nitrogens with zero attached hydrogens (tertiary/aromatic N) is 3. The summed E-state index contributed by atoms with van der Waals surface area (Å²) in [6, 6.07) is -0.239. The first-order valence-corrected chi connectivity index (χ1v) is 5.99. The molecule has 0 aromatic carbocycles. The first kappa shape index (κ1) is 12.2. The van der Waals surface area contributed by atoms with Crippen molar-refractivity contribution in [3.05, 3.63) is 12.5 Å². The van der Waals surface area contributed by atoms with Gasteiger partial charge in [-0.1, -0.05) is 0 Å². The summed E-state index contributed by atoms with van der Waals surface area (Å²) < 4.78 is 26.7. The Bertz CT molecular complexity index is 426. The van der Waals surface area contributed by atoms with Gasteiger partial charge in [0.25, 0.3) is 10.0 Å². The Morgan fingerprint density at radius 1 is 1.67 bits per heavy atom. The summed E-state index contributed by atoms with van der Waals surface area (Å²) in [5, 5.41) is 0.0489. The van der Waals surface area contributed by atoms with Crippen molar-refractivity contribution in [3.8, 4) is 0 Å². The zero-order valence-electron chi connectivity index (χ0n) is 9.08. The summed E-state index contributed by atoms with van der Waals surface area (Å²) >= 11 is 0. The third kappa shape index (κ3) is 2.36. The van der Waals surface area contributed by atoms with Crippen molar-refractivity contribution in [2.45, 2.75) is 18.0 Å². The summed E-state index contributed by atoms with van der Waals surface area (Å²) in [5.41, 5.74) is 5.42. The molecule has 0 saturated carbocycles. The van der Waals surface area contributed by atoms with Gasteiger partial charge in [-0.25, -0.2) is 13.4 Å². The minimum atomic E-state index is -3.51. The number of rotatable bonds is 4. The van der Waals surface area contributed by atoms with E-state index >= 15 is 0 Å². The average molecular weight is 232 g/mol. The Balaban J connectivity index is 3.03. The number of imidazole rings is 1. The van der Waals surface area contributed by atoms with Crippen LogP contribution in [0.1, 0.15) is 6.92 Å². The Morgan fingerprint density at radius 2 is 2.27 bits per heavy atom. The van der Waals surface area contributed by atoms with Gasteiger partial charge in [-0.15, -0.1) is 0 Å². The molecule has 0 aliphatic heterocycles. The van der Waals surface area contributed by atoms with Crippen LogP contribution in [-0.2, 0) is 17.1 Å². The van der Waals surface area contributed by atoms with Gasteiger partial charge in [-0.3, -0.25) is 0 Å². The first-order valence-electron chi connectivity index (χ1n) is 4.55. The molecule has 7 heteroatoms. The molecule has 0 fully saturated rings. The lowest BCUT2D eigenvalue weighted by Crippen LogP contribution is -2.39. The molecule has 1 unspecified atom stereocenters. The van der Waals surface area contributed by atoms with E-state index in [4.69, 9.17) is 5.73 Å². The minimum Gasteiger partial charge on any atom is -0.339 e. The Labute approximate surface area is 89.8 Å². The summed E-state index contributed by atoms with van der Waals surface area (Å²) in [5.74, 6) is 0. The number of hydrogen-bond acceptors (Lipinski definition) is 4. The maximum atomic E-state index is 11.9. The van der Waals surface area contributed by atoms with E-state index in [9.17, 15) is 8.42 Å². The summed E-state index contributed by atoms with van der Waals surface area (Å²) in [6.07, 6.45) is 2.92. The molecule has 0 aliphatic rings. The standard InChI is InChI=1S/C8H16N4O2S/c1-7(4-9)12(3)15(13,14)8-5-11(2)6-10-8/h5-7H,4,9H2,1-3H3. The van der Waals surface area contributed by atoms with Crippen LogP contribution in [0.25, 0.3) is 0 Å². The van der Waals surface area contributed by atoms with E-state index in [1.807, 2.05) is 0 Å². The van der Waals surface area contributed by atoms with Crippen LogP contribution in [0, 0.1) is 0 Å². The number of hydrogen-bond donors (Lipinski definition) is 1. The first-order chi connectivity index (χ1) is 6.89. The second-order valence-electron chi connectivity index (χ2n) is 3.48. The Hall–Kier alpha value is -0.920. The van der Waals surface area contributed by atoms with Crippen LogP contribution in [0.5, 0.6) is 0 Å². The van der Waals surface area contributed by atoms with Crippen molar-refractivity contribution in [2.24, 2.45) is 12.8 Å². The Morgan fingerprint density at radius 3 is 2.67 bits per heavy atom. The summed E-state index contributed by atoms with van der Waals surface area (Å²) in [7, 11) is -0.286. The van der Waals surface area contributed by atoms with E-state index in [2.05, 4.69) is 4.98 Å². The highest BCUT2D eigenvalue weighted by atomic mass is 32.2. The maximum Gasteiger partial charge on any atom is 0.262 e. The SMILES string of the molecule is CC(CN)N(C)S(=O)(=O)c1cn(C)cn1. The molecule has 0 spiro atoms. The molecule has 0 saturated heterocycles. The van der Waals surface area contributed by atoms with Crippen molar-refractivity contribution < 1.29 is 8.42 Å². The van der Waals surface area contributed by atoms with E-state index in [0.717, 1.165) is 0 Å². The van der Waals surface area contributed by atoms with Gasteiger partial charge in [0.05, 0.1) is 6.33 Å². The molecule has 1 rings (SSSR count). The van der Waals surface area contributed by atoms with Gasteiger partial charge >= 0.3 is 0 Å². The Kier molecular flexibility index (Phi) is 3.48. The monoisotopic (exact) mass is 232 g/mol.